The molecule has 0 fully saturated rings. The molecule has 0 radical (unpaired) electrons. The van der Waals surface area contributed by atoms with E-state index in [0.29, 0.717) is 34.7 Å². The summed E-state index contributed by atoms with van der Waals surface area (Å²) in [5, 5.41) is 17.0. The average molecular weight is 314 g/mol. The van der Waals surface area contributed by atoms with Gasteiger partial charge >= 0.3 is 0 Å². The molecule has 0 aliphatic heterocycles. The first-order valence-electron chi connectivity index (χ1n) is 6.16. The van der Waals surface area contributed by atoms with Crippen LogP contribution in [0.15, 0.2) is 23.2 Å². The van der Waals surface area contributed by atoms with E-state index in [1.54, 1.807) is 18.2 Å². The number of guanidine groups is 1. The molecule has 0 bridgehead atoms. The lowest BCUT2D eigenvalue weighted by molar-refractivity contribution is 0.187. The summed E-state index contributed by atoms with van der Waals surface area (Å²) in [5.41, 5.74) is 0.624. The molecule has 3 N–H and O–H groups in total. The van der Waals surface area contributed by atoms with Crippen LogP contribution in [0.4, 0.5) is 0 Å². The molecule has 0 aliphatic carbocycles. The van der Waals surface area contributed by atoms with E-state index in [4.69, 9.17) is 29.6 Å². The third-order valence-electron chi connectivity index (χ3n) is 2.39. The fourth-order valence-electron chi connectivity index (χ4n) is 1.53. The Balaban J connectivity index is 2.72. The predicted molar refractivity (Wildman–Crippen MR) is 84.2 cm³/mol. The van der Waals surface area contributed by atoms with Crippen LogP contribution in [0.2, 0.25) is 10.0 Å². The van der Waals surface area contributed by atoms with E-state index in [1.807, 2.05) is 6.92 Å². The minimum absolute atomic E-state index is 0.177. The van der Waals surface area contributed by atoms with Gasteiger partial charge in [0.1, 0.15) is 0 Å². The Labute approximate surface area is 129 Å². The molecule has 0 heterocycles. The third kappa shape index (κ3) is 5.70. The number of terminal acetylenes is 1. The van der Waals surface area contributed by atoms with Gasteiger partial charge in [-0.15, -0.1) is 6.42 Å². The molecule has 6 heteroatoms. The molecule has 20 heavy (non-hydrogen) atoms. The molecule has 1 rings (SSSR count). The van der Waals surface area contributed by atoms with Crippen molar-refractivity contribution in [3.8, 4) is 12.3 Å². The van der Waals surface area contributed by atoms with E-state index >= 15 is 0 Å². The van der Waals surface area contributed by atoms with Gasteiger partial charge in [-0.1, -0.05) is 29.1 Å². The molecular formula is C14H17Cl2N3O. The van der Waals surface area contributed by atoms with Gasteiger partial charge in [-0.2, -0.15) is 0 Å². The molecule has 0 amide bonds. The van der Waals surface area contributed by atoms with Crippen molar-refractivity contribution in [2.75, 3.05) is 19.6 Å². The van der Waals surface area contributed by atoms with E-state index in [1.165, 1.54) is 0 Å². The van der Waals surface area contributed by atoms with Crippen LogP contribution in [0, 0.1) is 12.3 Å². The number of aliphatic hydroxyl groups is 1. The first kappa shape index (κ1) is 16.6. The summed E-state index contributed by atoms with van der Waals surface area (Å²) in [4.78, 5) is 4.25. The van der Waals surface area contributed by atoms with Crippen molar-refractivity contribution in [2.45, 2.75) is 13.0 Å². The van der Waals surface area contributed by atoms with Crippen molar-refractivity contribution in [1.82, 2.24) is 10.6 Å². The standard InChI is InChI=1S/C14H17Cl2N3O/c1-3-5-18-14(17-4-2)19-9-13(20)10-6-11(15)8-12(16)7-10/h1,6-8,13,20H,4-5,9H2,2H3,(H2,17,18,19). The number of hydrogen-bond acceptors (Lipinski definition) is 2. The zero-order valence-corrected chi connectivity index (χ0v) is 12.7. The SMILES string of the molecule is C#CCNC(=NCC(O)c1cc(Cl)cc(Cl)c1)NCC. The second-order valence-corrected chi connectivity index (χ2v) is 4.87. The summed E-state index contributed by atoms with van der Waals surface area (Å²) in [6.45, 7) is 3.19. The summed E-state index contributed by atoms with van der Waals surface area (Å²) in [6.07, 6.45) is 4.39. The quantitative estimate of drug-likeness (QED) is 0.444. The molecule has 1 aromatic carbocycles. The van der Waals surface area contributed by atoms with Crippen molar-refractivity contribution in [1.29, 1.82) is 0 Å². The largest absolute Gasteiger partial charge is 0.386 e. The zero-order valence-electron chi connectivity index (χ0n) is 11.2. The Kier molecular flexibility index (Phi) is 7.24. The normalized spacial score (nSPS) is 12.7. The second-order valence-electron chi connectivity index (χ2n) is 4.00. The molecular weight excluding hydrogens is 297 g/mol. The van der Waals surface area contributed by atoms with E-state index < -0.39 is 6.10 Å². The van der Waals surface area contributed by atoms with Crippen LogP contribution in [0.1, 0.15) is 18.6 Å². The fourth-order valence-corrected chi connectivity index (χ4v) is 2.07. The number of nitrogens with one attached hydrogen (secondary N) is 2. The number of benzene rings is 1. The van der Waals surface area contributed by atoms with Crippen molar-refractivity contribution in [3.63, 3.8) is 0 Å². The molecule has 0 saturated heterocycles. The van der Waals surface area contributed by atoms with Crippen molar-refractivity contribution < 1.29 is 5.11 Å². The van der Waals surface area contributed by atoms with Gasteiger partial charge in [0.2, 0.25) is 0 Å². The molecule has 1 unspecified atom stereocenters. The fraction of sp³-hybridized carbons (Fsp3) is 0.357. The molecule has 0 saturated carbocycles. The Morgan fingerprint density at radius 2 is 2.00 bits per heavy atom. The molecule has 0 spiro atoms. The second kappa shape index (κ2) is 8.70. The van der Waals surface area contributed by atoms with Gasteiger partial charge in [0.25, 0.3) is 0 Å². The van der Waals surface area contributed by atoms with Gasteiger partial charge in [-0.3, -0.25) is 4.99 Å². The summed E-state index contributed by atoms with van der Waals surface area (Å²) in [5.74, 6) is 3.01. The van der Waals surface area contributed by atoms with Crippen LogP contribution in [0.3, 0.4) is 0 Å². The highest BCUT2D eigenvalue weighted by Crippen LogP contribution is 2.23. The van der Waals surface area contributed by atoms with Gasteiger partial charge < -0.3 is 15.7 Å². The number of rotatable bonds is 5. The average Bonchev–Trinajstić information content (AvgIpc) is 2.40. The number of halogens is 2. The van der Waals surface area contributed by atoms with Crippen molar-refractivity contribution in [3.05, 3.63) is 33.8 Å². The Morgan fingerprint density at radius 3 is 2.55 bits per heavy atom. The smallest absolute Gasteiger partial charge is 0.192 e. The molecule has 0 aromatic heterocycles. The number of nitrogens with zero attached hydrogens (tertiary/aromatic N) is 1. The van der Waals surface area contributed by atoms with Crippen LogP contribution in [-0.2, 0) is 0 Å². The van der Waals surface area contributed by atoms with Crippen LogP contribution in [-0.4, -0.2) is 30.7 Å². The van der Waals surface area contributed by atoms with E-state index in [9.17, 15) is 5.11 Å². The number of hydrogen-bond donors (Lipinski definition) is 3. The Bertz CT molecular complexity index is 491. The van der Waals surface area contributed by atoms with Crippen molar-refractivity contribution in [2.24, 2.45) is 4.99 Å². The lowest BCUT2D eigenvalue weighted by Crippen LogP contribution is -2.37. The van der Waals surface area contributed by atoms with Gasteiger partial charge in [0.15, 0.2) is 5.96 Å². The van der Waals surface area contributed by atoms with Crippen LogP contribution in [0.5, 0.6) is 0 Å². The minimum atomic E-state index is -0.785. The Morgan fingerprint density at radius 1 is 1.35 bits per heavy atom. The summed E-state index contributed by atoms with van der Waals surface area (Å²) < 4.78 is 0. The number of aliphatic imine (C=N–C) groups is 1. The van der Waals surface area contributed by atoms with Gasteiger partial charge in [0.05, 0.1) is 19.2 Å². The van der Waals surface area contributed by atoms with Crippen LogP contribution in [0.25, 0.3) is 0 Å². The Hall–Kier alpha value is -1.41. The third-order valence-corrected chi connectivity index (χ3v) is 2.83. The maximum absolute atomic E-state index is 10.1. The van der Waals surface area contributed by atoms with Crippen LogP contribution >= 0.6 is 23.2 Å². The molecule has 1 atom stereocenters. The molecule has 108 valence electrons. The minimum Gasteiger partial charge on any atom is -0.386 e. The first-order valence-corrected chi connectivity index (χ1v) is 6.92. The molecule has 0 aliphatic rings. The lowest BCUT2D eigenvalue weighted by Gasteiger charge is -2.12. The maximum Gasteiger partial charge on any atom is 0.192 e. The summed E-state index contributed by atoms with van der Waals surface area (Å²) >= 11 is 11.8. The monoisotopic (exact) mass is 313 g/mol. The van der Waals surface area contributed by atoms with E-state index in [2.05, 4.69) is 21.5 Å². The maximum atomic E-state index is 10.1. The highest BCUT2D eigenvalue weighted by Gasteiger charge is 2.09. The summed E-state index contributed by atoms with van der Waals surface area (Å²) in [7, 11) is 0. The zero-order chi connectivity index (χ0) is 15.0. The molecule has 1 aromatic rings. The van der Waals surface area contributed by atoms with E-state index in [-0.39, 0.29) is 6.54 Å². The highest BCUT2D eigenvalue weighted by atomic mass is 35.5. The molecule has 4 nitrogen and oxygen atoms in total. The van der Waals surface area contributed by atoms with Gasteiger partial charge in [-0.25, -0.2) is 0 Å². The van der Waals surface area contributed by atoms with Crippen molar-refractivity contribution >= 4 is 29.2 Å². The lowest BCUT2D eigenvalue weighted by atomic mass is 10.1. The van der Waals surface area contributed by atoms with Gasteiger partial charge in [0, 0.05) is 16.6 Å². The topological polar surface area (TPSA) is 56.7 Å². The highest BCUT2D eigenvalue weighted by molar-refractivity contribution is 6.34. The predicted octanol–water partition coefficient (Wildman–Crippen LogP) is 2.22. The summed E-state index contributed by atoms with van der Waals surface area (Å²) in [6, 6.07) is 4.94. The van der Waals surface area contributed by atoms with Crippen LogP contribution < -0.4 is 10.6 Å². The number of aliphatic hydroxyl groups excluding tert-OH is 1. The van der Waals surface area contributed by atoms with E-state index in [0.717, 1.165) is 0 Å². The van der Waals surface area contributed by atoms with Gasteiger partial charge in [-0.05, 0) is 30.7 Å². The first-order chi connectivity index (χ1) is 9.56.